The normalized spacial score (nSPS) is 16.9. The fourth-order valence-electron chi connectivity index (χ4n) is 6.43. The number of hydrogen-bond acceptors (Lipinski definition) is 0. The first-order valence-corrected chi connectivity index (χ1v) is 16.7. The summed E-state index contributed by atoms with van der Waals surface area (Å²) in [5.41, 5.74) is 10.7. The Bertz CT molecular complexity index is 1330. The second-order valence-electron chi connectivity index (χ2n) is 13.1. The number of allylic oxidation sites excluding steroid dienone is 4. The van der Waals surface area contributed by atoms with E-state index in [2.05, 4.69) is 90.6 Å². The molecule has 0 radical (unpaired) electrons. The van der Waals surface area contributed by atoms with Gasteiger partial charge in [-0.15, -0.1) is 0 Å². The third-order valence-corrected chi connectivity index (χ3v) is 12.3. The van der Waals surface area contributed by atoms with Gasteiger partial charge in [0.1, 0.15) is 0 Å². The molecule has 0 atom stereocenters. The molecule has 0 amide bonds. The summed E-state index contributed by atoms with van der Waals surface area (Å²) in [6, 6.07) is 9.82. The van der Waals surface area contributed by atoms with Crippen molar-refractivity contribution in [3.8, 4) is 11.1 Å². The molecule has 0 saturated heterocycles. The molecular formula is C34H42Cl2Zr. The standard InChI is InChI=1S/C27H29.C7H13.2ClH.Zr/c1-17-14-22-21-13-12-20(26(2,3)4)15-19(21)16-23(22)24(18-10-8-9-11-18)25(17)27(5,6)7;1-7-5-3-2-4-6-7;;;/h8-10,12-15H,1,11H2,2-7H3;7H,1-6H2;2*1H;/q;;;;+2/p-2. The second-order valence-corrected chi connectivity index (χ2v) is 16.2. The Morgan fingerprint density at radius 2 is 1.57 bits per heavy atom. The number of halogens is 2. The van der Waals surface area contributed by atoms with E-state index in [1.165, 1.54) is 74.8 Å². The maximum Gasteiger partial charge on any atom is -1.00 e. The van der Waals surface area contributed by atoms with Gasteiger partial charge in [0.2, 0.25) is 0 Å². The van der Waals surface area contributed by atoms with Crippen LogP contribution in [0, 0.1) is 5.92 Å². The summed E-state index contributed by atoms with van der Waals surface area (Å²) >= 11 is -0.763. The smallest absolute Gasteiger partial charge is 1.00 e. The van der Waals surface area contributed by atoms with Crippen LogP contribution < -0.4 is 35.3 Å². The molecule has 0 spiro atoms. The van der Waals surface area contributed by atoms with E-state index in [1.54, 1.807) is 14.1 Å². The molecule has 2 aromatic rings. The van der Waals surface area contributed by atoms with Gasteiger partial charge in [0.25, 0.3) is 0 Å². The fourth-order valence-corrected chi connectivity index (χ4v) is 10.7. The molecule has 0 heterocycles. The maximum atomic E-state index is 4.63. The van der Waals surface area contributed by atoms with Crippen LogP contribution in [0.1, 0.15) is 102 Å². The molecule has 1 fully saturated rings. The van der Waals surface area contributed by atoms with Crippen molar-refractivity contribution in [2.45, 2.75) is 95.0 Å². The monoisotopic (exact) mass is 610 g/mol. The molecule has 1 saturated carbocycles. The first kappa shape index (κ1) is 30.7. The van der Waals surface area contributed by atoms with Crippen LogP contribution in [-0.2, 0) is 34.1 Å². The van der Waals surface area contributed by atoms with Crippen LogP contribution in [0.25, 0.3) is 26.6 Å². The molecule has 37 heavy (non-hydrogen) atoms. The van der Waals surface area contributed by atoms with Crippen molar-refractivity contribution in [1.29, 1.82) is 0 Å². The van der Waals surface area contributed by atoms with E-state index in [-0.39, 0.29) is 35.6 Å². The Balaban J connectivity index is 0.00000190. The topological polar surface area (TPSA) is 0 Å². The van der Waals surface area contributed by atoms with Gasteiger partial charge < -0.3 is 24.8 Å². The van der Waals surface area contributed by atoms with Gasteiger partial charge in [-0.05, 0) is 0 Å². The number of benzene rings is 2. The molecule has 2 aromatic carbocycles. The summed E-state index contributed by atoms with van der Waals surface area (Å²) in [6.07, 6.45) is 15.3. The van der Waals surface area contributed by atoms with Crippen molar-refractivity contribution in [3.05, 3.63) is 75.2 Å². The third-order valence-electron chi connectivity index (χ3n) is 8.24. The largest absolute Gasteiger partial charge is 1.00 e. The van der Waals surface area contributed by atoms with Crippen LogP contribution in [0.3, 0.4) is 0 Å². The number of fused-ring (bicyclic) bond motifs is 3. The van der Waals surface area contributed by atoms with E-state index in [9.17, 15) is 0 Å². The summed E-state index contributed by atoms with van der Waals surface area (Å²) < 4.78 is 3.26. The van der Waals surface area contributed by atoms with Crippen molar-refractivity contribution >= 4 is 15.4 Å². The molecule has 0 unspecified atom stereocenters. The van der Waals surface area contributed by atoms with Gasteiger partial charge in [-0.25, -0.2) is 0 Å². The zero-order chi connectivity index (χ0) is 25.0. The molecule has 196 valence electrons. The van der Waals surface area contributed by atoms with E-state index in [0.717, 1.165) is 12.3 Å². The van der Waals surface area contributed by atoms with Crippen LogP contribution >= 0.6 is 0 Å². The molecule has 3 heteroatoms. The van der Waals surface area contributed by atoms with Crippen molar-refractivity contribution < 1.29 is 48.0 Å². The van der Waals surface area contributed by atoms with Gasteiger partial charge in [0.15, 0.2) is 0 Å². The summed E-state index contributed by atoms with van der Waals surface area (Å²) in [7, 11) is 0. The SMILES string of the molecule is C=c1cc2c(c(C3=CC=CC3)c1C(C)(C)C)=[C]([Zr+2][CH2]C1CCCCC1)c1cc(C(C)(C)C)ccc1-2.[Cl-].[Cl-]. The quantitative estimate of drug-likeness (QED) is 0.498. The molecule has 3 aliphatic rings. The van der Waals surface area contributed by atoms with Gasteiger partial charge in [-0.2, -0.15) is 0 Å². The summed E-state index contributed by atoms with van der Waals surface area (Å²) in [5.74, 6) is 0.964. The predicted molar refractivity (Wildman–Crippen MR) is 150 cm³/mol. The van der Waals surface area contributed by atoms with E-state index < -0.39 is 23.2 Å². The van der Waals surface area contributed by atoms with E-state index >= 15 is 0 Å². The molecule has 3 aliphatic carbocycles. The number of rotatable bonds is 4. The van der Waals surface area contributed by atoms with Gasteiger partial charge in [-0.1, -0.05) is 0 Å². The molecule has 0 aliphatic heterocycles. The molecule has 0 bridgehead atoms. The summed E-state index contributed by atoms with van der Waals surface area (Å²) in [4.78, 5) is 0. The Kier molecular flexibility index (Phi) is 9.70. The molecule has 0 aromatic heterocycles. The van der Waals surface area contributed by atoms with E-state index in [4.69, 9.17) is 0 Å². The molecular weight excluding hydrogens is 571 g/mol. The Morgan fingerprint density at radius 3 is 2.16 bits per heavy atom. The van der Waals surface area contributed by atoms with Gasteiger partial charge in [-0.3, -0.25) is 0 Å². The van der Waals surface area contributed by atoms with Crippen LogP contribution in [0.15, 0.2) is 42.5 Å². The van der Waals surface area contributed by atoms with Crippen LogP contribution in [-0.4, -0.2) is 0 Å². The minimum Gasteiger partial charge on any atom is -1.00 e. The van der Waals surface area contributed by atoms with Crippen LogP contribution in [0.4, 0.5) is 0 Å². The minimum atomic E-state index is -0.763. The van der Waals surface area contributed by atoms with Crippen molar-refractivity contribution in [2.24, 2.45) is 5.92 Å². The average molecular weight is 613 g/mol. The zero-order valence-electron chi connectivity index (χ0n) is 23.5. The van der Waals surface area contributed by atoms with Crippen molar-refractivity contribution in [1.82, 2.24) is 0 Å². The molecule has 0 N–H and O–H groups in total. The van der Waals surface area contributed by atoms with Crippen molar-refractivity contribution in [2.75, 3.05) is 0 Å². The van der Waals surface area contributed by atoms with Gasteiger partial charge >= 0.3 is 226 Å². The number of hydrogen-bond donors (Lipinski definition) is 0. The van der Waals surface area contributed by atoms with Crippen molar-refractivity contribution in [3.63, 3.8) is 0 Å². The van der Waals surface area contributed by atoms with E-state index in [0.29, 0.717) is 0 Å². The molecule has 5 rings (SSSR count). The van der Waals surface area contributed by atoms with Gasteiger partial charge in [0.05, 0.1) is 0 Å². The van der Waals surface area contributed by atoms with Gasteiger partial charge in [0, 0.05) is 0 Å². The predicted octanol–water partition coefficient (Wildman–Crippen LogP) is 2.26. The Hall–Kier alpha value is -0.877. The summed E-state index contributed by atoms with van der Waals surface area (Å²) in [5, 5.41) is 2.81. The maximum absolute atomic E-state index is 4.63. The fraction of sp³-hybridized carbons (Fsp3) is 0.471. The Morgan fingerprint density at radius 1 is 0.865 bits per heavy atom. The van der Waals surface area contributed by atoms with E-state index in [1.807, 2.05) is 0 Å². The average Bonchev–Trinajstić information content (AvgIpc) is 3.42. The zero-order valence-corrected chi connectivity index (χ0v) is 27.5. The second kappa shape index (κ2) is 11.7. The van der Waals surface area contributed by atoms with Crippen LogP contribution in [0.5, 0.6) is 0 Å². The first-order valence-electron chi connectivity index (χ1n) is 13.7. The first-order chi connectivity index (χ1) is 16.6. The molecule has 0 nitrogen and oxygen atoms in total. The third kappa shape index (κ3) is 6.00. The van der Waals surface area contributed by atoms with Crippen LogP contribution in [0.2, 0.25) is 4.13 Å². The Labute approximate surface area is 249 Å². The summed E-state index contributed by atoms with van der Waals surface area (Å²) in [6.45, 7) is 18.8. The minimum absolute atomic E-state index is 0.